The van der Waals surface area contributed by atoms with Crippen molar-refractivity contribution in [3.8, 4) is 0 Å². The van der Waals surface area contributed by atoms with E-state index < -0.39 is 5.91 Å². The number of nitrogens with one attached hydrogen (secondary N) is 3. The van der Waals surface area contributed by atoms with Crippen LogP contribution in [0.25, 0.3) is 0 Å². The van der Waals surface area contributed by atoms with Crippen molar-refractivity contribution in [1.29, 1.82) is 0 Å². The summed E-state index contributed by atoms with van der Waals surface area (Å²) in [4.78, 5) is 34.6. The molecule has 1 aromatic rings. The van der Waals surface area contributed by atoms with Gasteiger partial charge >= 0.3 is 0 Å². The fourth-order valence-corrected chi connectivity index (χ4v) is 1.92. The monoisotopic (exact) mass is 267 g/mol. The molecule has 6 nitrogen and oxygen atoms in total. The molecule has 0 spiro atoms. The molecule has 1 aliphatic rings. The molecule has 0 bridgehead atoms. The van der Waals surface area contributed by atoms with E-state index in [0.717, 1.165) is 12.8 Å². The van der Waals surface area contributed by atoms with Crippen LogP contribution in [-0.4, -0.2) is 24.3 Å². The summed E-state index contributed by atoms with van der Waals surface area (Å²) in [6.07, 6.45) is 1.74. The van der Waals surface area contributed by atoms with E-state index in [0.29, 0.717) is 4.88 Å². The summed E-state index contributed by atoms with van der Waals surface area (Å²) in [5.74, 6) is -0.887. The first kappa shape index (κ1) is 12.6. The van der Waals surface area contributed by atoms with Crippen molar-refractivity contribution in [2.75, 3.05) is 6.54 Å². The highest BCUT2D eigenvalue weighted by atomic mass is 32.1. The Morgan fingerprint density at radius 1 is 1.28 bits per heavy atom. The molecule has 1 saturated carbocycles. The van der Waals surface area contributed by atoms with Gasteiger partial charge in [0.15, 0.2) is 0 Å². The smallest absolute Gasteiger partial charge is 0.261 e. The van der Waals surface area contributed by atoms with Gasteiger partial charge in [-0.05, 0) is 24.3 Å². The van der Waals surface area contributed by atoms with Crippen LogP contribution in [0.1, 0.15) is 22.5 Å². The number of carbonyl (C=O) groups excluding carboxylic acids is 3. The number of amides is 3. The first-order valence-corrected chi connectivity index (χ1v) is 6.45. The molecule has 7 heteroatoms. The standard InChI is InChI=1S/C11H13N3O3S/c15-9(13-14-10(16)7-3-4-7)6-12-11(17)8-2-1-5-18-8/h1-2,5,7H,3-4,6H2,(H,12,17)(H,13,15)(H,14,16). The van der Waals surface area contributed by atoms with E-state index in [2.05, 4.69) is 16.2 Å². The summed E-state index contributed by atoms with van der Waals surface area (Å²) in [6.45, 7) is -0.165. The molecule has 0 radical (unpaired) electrons. The molecule has 96 valence electrons. The molecular weight excluding hydrogens is 254 g/mol. The highest BCUT2D eigenvalue weighted by molar-refractivity contribution is 7.12. The summed E-state index contributed by atoms with van der Waals surface area (Å²) in [6, 6.07) is 3.43. The van der Waals surface area contributed by atoms with E-state index >= 15 is 0 Å². The maximum Gasteiger partial charge on any atom is 0.261 e. The molecule has 0 aliphatic heterocycles. The van der Waals surface area contributed by atoms with Gasteiger partial charge in [-0.25, -0.2) is 0 Å². The van der Waals surface area contributed by atoms with Crippen molar-refractivity contribution in [2.24, 2.45) is 5.92 Å². The highest BCUT2D eigenvalue weighted by Crippen LogP contribution is 2.28. The van der Waals surface area contributed by atoms with Gasteiger partial charge in [0.2, 0.25) is 5.91 Å². The molecule has 2 rings (SSSR count). The molecule has 1 heterocycles. The molecule has 0 aromatic carbocycles. The molecule has 1 aliphatic carbocycles. The summed E-state index contributed by atoms with van der Waals surface area (Å²) in [5.41, 5.74) is 4.57. The van der Waals surface area contributed by atoms with Gasteiger partial charge in [0.25, 0.3) is 11.8 Å². The van der Waals surface area contributed by atoms with Gasteiger partial charge in [-0.15, -0.1) is 11.3 Å². The zero-order chi connectivity index (χ0) is 13.0. The largest absolute Gasteiger partial charge is 0.342 e. The van der Waals surface area contributed by atoms with E-state index in [1.807, 2.05) is 0 Å². The Balaban J connectivity index is 1.65. The minimum Gasteiger partial charge on any atom is -0.342 e. The predicted octanol–water partition coefficient (Wildman–Crippen LogP) is 0.0353. The van der Waals surface area contributed by atoms with Crippen LogP contribution in [0, 0.1) is 5.92 Å². The van der Waals surface area contributed by atoms with E-state index in [4.69, 9.17) is 0 Å². The Morgan fingerprint density at radius 2 is 2.06 bits per heavy atom. The lowest BCUT2D eigenvalue weighted by molar-refractivity contribution is -0.129. The van der Waals surface area contributed by atoms with Crippen LogP contribution in [0.4, 0.5) is 0 Å². The van der Waals surface area contributed by atoms with Crippen molar-refractivity contribution in [3.63, 3.8) is 0 Å². The lowest BCUT2D eigenvalue weighted by Gasteiger charge is -2.07. The third-order valence-corrected chi connectivity index (χ3v) is 3.30. The normalized spacial score (nSPS) is 13.8. The number of hydrogen-bond acceptors (Lipinski definition) is 4. The molecule has 1 fully saturated rings. The van der Waals surface area contributed by atoms with Crippen molar-refractivity contribution in [3.05, 3.63) is 22.4 Å². The Morgan fingerprint density at radius 3 is 2.67 bits per heavy atom. The van der Waals surface area contributed by atoms with Crippen molar-refractivity contribution in [2.45, 2.75) is 12.8 Å². The second kappa shape index (κ2) is 5.63. The van der Waals surface area contributed by atoms with Crippen LogP contribution in [0.3, 0.4) is 0 Å². The van der Waals surface area contributed by atoms with Gasteiger partial charge < -0.3 is 5.32 Å². The number of hydrogen-bond donors (Lipinski definition) is 3. The summed E-state index contributed by atoms with van der Waals surface area (Å²) in [7, 11) is 0. The third-order valence-electron chi connectivity index (χ3n) is 2.43. The molecule has 3 amide bonds. The first-order chi connectivity index (χ1) is 8.66. The van der Waals surface area contributed by atoms with Gasteiger partial charge in [-0.3, -0.25) is 25.2 Å². The third kappa shape index (κ3) is 3.56. The molecule has 0 atom stereocenters. The fourth-order valence-electron chi connectivity index (χ4n) is 1.28. The predicted molar refractivity (Wildman–Crippen MR) is 65.7 cm³/mol. The van der Waals surface area contributed by atoms with Crippen LogP contribution in [0.5, 0.6) is 0 Å². The van der Waals surface area contributed by atoms with Crippen LogP contribution >= 0.6 is 11.3 Å². The Hall–Kier alpha value is -1.89. The van der Waals surface area contributed by atoms with Crippen LogP contribution in [0.15, 0.2) is 17.5 Å². The lowest BCUT2D eigenvalue weighted by Crippen LogP contribution is -2.46. The van der Waals surface area contributed by atoms with Gasteiger partial charge in [0.1, 0.15) is 0 Å². The van der Waals surface area contributed by atoms with Crippen LogP contribution in [0.2, 0.25) is 0 Å². The van der Waals surface area contributed by atoms with E-state index in [-0.39, 0.29) is 24.3 Å². The maximum atomic E-state index is 11.5. The quantitative estimate of drug-likeness (QED) is 0.673. The number of hydrazine groups is 1. The Kier molecular flexibility index (Phi) is 3.93. The minimum absolute atomic E-state index is 0.0333. The zero-order valence-electron chi connectivity index (χ0n) is 9.56. The van der Waals surface area contributed by atoms with Crippen molar-refractivity contribution in [1.82, 2.24) is 16.2 Å². The van der Waals surface area contributed by atoms with E-state index in [1.54, 1.807) is 17.5 Å². The summed E-state index contributed by atoms with van der Waals surface area (Å²) < 4.78 is 0. The molecule has 3 N–H and O–H groups in total. The average Bonchev–Trinajstić information content (AvgIpc) is 3.08. The highest BCUT2D eigenvalue weighted by Gasteiger charge is 2.29. The summed E-state index contributed by atoms with van der Waals surface area (Å²) >= 11 is 1.30. The second-order valence-electron chi connectivity index (χ2n) is 3.97. The van der Waals surface area contributed by atoms with Gasteiger partial charge in [0, 0.05) is 5.92 Å². The number of carbonyl (C=O) groups is 3. The van der Waals surface area contributed by atoms with E-state index in [9.17, 15) is 14.4 Å². The van der Waals surface area contributed by atoms with Crippen molar-refractivity contribution >= 4 is 29.1 Å². The molecule has 1 aromatic heterocycles. The van der Waals surface area contributed by atoms with Crippen LogP contribution in [-0.2, 0) is 9.59 Å². The van der Waals surface area contributed by atoms with Crippen molar-refractivity contribution < 1.29 is 14.4 Å². The first-order valence-electron chi connectivity index (χ1n) is 5.57. The molecular formula is C11H13N3O3S. The lowest BCUT2D eigenvalue weighted by atomic mass is 10.4. The number of rotatable bonds is 4. The maximum absolute atomic E-state index is 11.5. The second-order valence-corrected chi connectivity index (χ2v) is 4.92. The van der Waals surface area contributed by atoms with Gasteiger partial charge in [-0.1, -0.05) is 6.07 Å². The topological polar surface area (TPSA) is 87.3 Å². The minimum atomic E-state index is -0.450. The average molecular weight is 267 g/mol. The SMILES string of the molecule is O=C(CNC(=O)c1cccs1)NNC(=O)C1CC1. The zero-order valence-corrected chi connectivity index (χ0v) is 10.4. The Bertz CT molecular complexity index is 454. The molecule has 0 saturated heterocycles. The van der Waals surface area contributed by atoms with Gasteiger partial charge in [0.05, 0.1) is 11.4 Å². The fraction of sp³-hybridized carbons (Fsp3) is 0.364. The van der Waals surface area contributed by atoms with Gasteiger partial charge in [-0.2, -0.15) is 0 Å². The Labute approximate surface area is 108 Å². The van der Waals surface area contributed by atoms with E-state index in [1.165, 1.54) is 11.3 Å². The molecule has 18 heavy (non-hydrogen) atoms. The summed E-state index contributed by atoms with van der Waals surface area (Å²) in [5, 5.41) is 4.24. The van der Waals surface area contributed by atoms with Crippen LogP contribution < -0.4 is 16.2 Å². The molecule has 0 unspecified atom stereocenters. The number of thiophene rings is 1.